The van der Waals surface area contributed by atoms with Crippen LogP contribution in [-0.4, -0.2) is 52.7 Å². The summed E-state index contributed by atoms with van der Waals surface area (Å²) in [7, 11) is -0.917. The Morgan fingerprint density at radius 1 is 1.28 bits per heavy atom. The van der Waals surface area contributed by atoms with Gasteiger partial charge in [0.15, 0.2) is 0 Å². The van der Waals surface area contributed by atoms with Crippen LogP contribution in [0.1, 0.15) is 20.3 Å². The van der Waals surface area contributed by atoms with Crippen LogP contribution in [0.2, 0.25) is 0 Å². The molecule has 1 atom stereocenters. The maximum absolute atomic E-state index is 13.6. The molecule has 0 amide bonds. The summed E-state index contributed by atoms with van der Waals surface area (Å²) in [5, 5.41) is 0. The molecule has 0 spiro atoms. The Morgan fingerprint density at radius 3 is 2.48 bits per heavy atom. The van der Waals surface area contributed by atoms with Gasteiger partial charge in [0.05, 0.1) is 6.61 Å². The molecule has 0 aliphatic rings. The number of hydrogen-bond donors (Lipinski definition) is 1. The van der Waals surface area contributed by atoms with Crippen molar-refractivity contribution in [1.29, 1.82) is 0 Å². The lowest BCUT2D eigenvalue weighted by Gasteiger charge is -2.22. The summed E-state index contributed by atoms with van der Waals surface area (Å²) in [5.74, 6) is -0.281. The lowest BCUT2D eigenvalue weighted by Crippen LogP contribution is -2.34. The fourth-order valence-electron chi connectivity index (χ4n) is 1.99. The van der Waals surface area contributed by atoms with Gasteiger partial charge in [0.25, 0.3) is 0 Å². The Hall–Kier alpha value is -0.930. The minimum atomic E-state index is -3.88. The highest BCUT2D eigenvalue weighted by Crippen LogP contribution is 2.27. The SMILES string of the molecule is COCCOc1ccc(F)cc1S(=O)(=O)N(C)CCC(N)C(C)C.Cl. The van der Waals surface area contributed by atoms with Crippen molar-refractivity contribution in [3.63, 3.8) is 0 Å². The van der Waals surface area contributed by atoms with Crippen molar-refractivity contribution in [2.45, 2.75) is 31.2 Å². The van der Waals surface area contributed by atoms with E-state index >= 15 is 0 Å². The van der Waals surface area contributed by atoms with Crippen LogP contribution in [0, 0.1) is 11.7 Å². The van der Waals surface area contributed by atoms with E-state index in [0.717, 1.165) is 12.1 Å². The topological polar surface area (TPSA) is 81.9 Å². The average Bonchev–Trinajstić information content (AvgIpc) is 2.53. The van der Waals surface area contributed by atoms with E-state index < -0.39 is 15.8 Å². The van der Waals surface area contributed by atoms with E-state index in [1.165, 1.54) is 24.5 Å². The van der Waals surface area contributed by atoms with Gasteiger partial charge in [0, 0.05) is 26.7 Å². The predicted octanol–water partition coefficient (Wildman–Crippen LogP) is 2.27. The van der Waals surface area contributed by atoms with Gasteiger partial charge in [-0.1, -0.05) is 13.8 Å². The predicted molar refractivity (Wildman–Crippen MR) is 98.3 cm³/mol. The molecule has 1 rings (SSSR count). The van der Waals surface area contributed by atoms with Crippen LogP contribution in [0.15, 0.2) is 23.1 Å². The van der Waals surface area contributed by atoms with Crippen LogP contribution in [-0.2, 0) is 14.8 Å². The molecule has 25 heavy (non-hydrogen) atoms. The summed E-state index contributed by atoms with van der Waals surface area (Å²) in [4.78, 5) is -0.195. The van der Waals surface area contributed by atoms with Gasteiger partial charge < -0.3 is 15.2 Å². The third-order valence-electron chi connectivity index (χ3n) is 3.77. The molecule has 0 aromatic heterocycles. The molecular formula is C16H28ClFN2O4S. The van der Waals surface area contributed by atoms with Crippen molar-refractivity contribution in [2.75, 3.05) is 33.9 Å². The highest BCUT2D eigenvalue weighted by atomic mass is 35.5. The zero-order valence-corrected chi connectivity index (χ0v) is 16.7. The molecule has 0 fully saturated rings. The highest BCUT2D eigenvalue weighted by molar-refractivity contribution is 7.89. The normalized spacial score (nSPS) is 13.0. The van der Waals surface area contributed by atoms with Crippen molar-refractivity contribution in [3.8, 4) is 5.75 Å². The minimum absolute atomic E-state index is 0. The zero-order chi connectivity index (χ0) is 18.3. The first kappa shape index (κ1) is 24.1. The molecule has 0 saturated heterocycles. The molecular weight excluding hydrogens is 371 g/mol. The Balaban J connectivity index is 0.00000576. The molecule has 1 aromatic carbocycles. The third kappa shape index (κ3) is 7.07. The lowest BCUT2D eigenvalue weighted by atomic mass is 10.0. The third-order valence-corrected chi connectivity index (χ3v) is 5.65. The van der Waals surface area contributed by atoms with Gasteiger partial charge >= 0.3 is 0 Å². The Kier molecular flexibility index (Phi) is 10.5. The molecule has 0 bridgehead atoms. The van der Waals surface area contributed by atoms with Crippen LogP contribution in [0.4, 0.5) is 4.39 Å². The van der Waals surface area contributed by atoms with Gasteiger partial charge in [0.1, 0.15) is 23.1 Å². The molecule has 0 saturated carbocycles. The fourth-order valence-corrected chi connectivity index (χ4v) is 3.31. The van der Waals surface area contributed by atoms with Gasteiger partial charge in [-0.15, -0.1) is 12.4 Å². The van der Waals surface area contributed by atoms with E-state index in [1.54, 1.807) is 0 Å². The van der Waals surface area contributed by atoms with Gasteiger partial charge in [-0.2, -0.15) is 0 Å². The summed E-state index contributed by atoms with van der Waals surface area (Å²) in [6, 6.07) is 3.34. The van der Waals surface area contributed by atoms with Crippen LogP contribution >= 0.6 is 12.4 Å². The second-order valence-corrected chi connectivity index (χ2v) is 7.97. The van der Waals surface area contributed by atoms with E-state index in [0.29, 0.717) is 13.0 Å². The van der Waals surface area contributed by atoms with Gasteiger partial charge in [0.2, 0.25) is 10.0 Å². The standard InChI is InChI=1S/C16H27FN2O4S.ClH/c1-12(2)14(18)7-8-19(3)24(20,21)16-11-13(17)5-6-15(16)23-10-9-22-4;/h5-6,11-12,14H,7-10,18H2,1-4H3;1H. The van der Waals surface area contributed by atoms with Gasteiger partial charge in [-0.3, -0.25) is 0 Å². The molecule has 2 N–H and O–H groups in total. The first-order valence-corrected chi connectivity index (χ1v) is 9.27. The van der Waals surface area contributed by atoms with Crippen LogP contribution in [0.5, 0.6) is 5.75 Å². The largest absolute Gasteiger partial charge is 0.490 e. The molecule has 9 heteroatoms. The van der Waals surface area contributed by atoms with Crippen molar-refractivity contribution in [2.24, 2.45) is 11.7 Å². The molecule has 146 valence electrons. The smallest absolute Gasteiger partial charge is 0.246 e. The first-order chi connectivity index (χ1) is 11.2. The summed E-state index contributed by atoms with van der Waals surface area (Å²) >= 11 is 0. The Labute approximate surface area is 155 Å². The maximum atomic E-state index is 13.6. The van der Waals surface area contributed by atoms with E-state index in [9.17, 15) is 12.8 Å². The van der Waals surface area contributed by atoms with Gasteiger partial charge in [-0.25, -0.2) is 17.1 Å². The number of benzene rings is 1. The molecule has 1 aromatic rings. The van der Waals surface area contributed by atoms with Crippen molar-refractivity contribution < 1.29 is 22.3 Å². The second-order valence-electron chi connectivity index (χ2n) is 5.96. The molecule has 6 nitrogen and oxygen atoms in total. The Morgan fingerprint density at radius 2 is 1.92 bits per heavy atom. The molecule has 0 aliphatic carbocycles. The average molecular weight is 399 g/mol. The van der Waals surface area contributed by atoms with Crippen molar-refractivity contribution in [1.82, 2.24) is 4.31 Å². The van der Waals surface area contributed by atoms with Crippen molar-refractivity contribution in [3.05, 3.63) is 24.0 Å². The zero-order valence-electron chi connectivity index (χ0n) is 15.1. The van der Waals surface area contributed by atoms with E-state index in [4.69, 9.17) is 15.2 Å². The van der Waals surface area contributed by atoms with E-state index in [2.05, 4.69) is 0 Å². The molecule has 0 heterocycles. The molecule has 1 unspecified atom stereocenters. The monoisotopic (exact) mass is 398 g/mol. The fraction of sp³-hybridized carbons (Fsp3) is 0.625. The van der Waals surface area contributed by atoms with Crippen LogP contribution in [0.25, 0.3) is 0 Å². The second kappa shape index (κ2) is 10.9. The summed E-state index contributed by atoms with van der Waals surface area (Å²) in [6.07, 6.45) is 0.516. The number of hydrogen-bond acceptors (Lipinski definition) is 5. The number of rotatable bonds is 10. The van der Waals surface area contributed by atoms with Crippen molar-refractivity contribution >= 4 is 22.4 Å². The quantitative estimate of drug-likeness (QED) is 0.611. The van der Waals surface area contributed by atoms with E-state index in [-0.39, 0.29) is 48.2 Å². The maximum Gasteiger partial charge on any atom is 0.246 e. The summed E-state index contributed by atoms with van der Waals surface area (Å²) in [6.45, 7) is 4.68. The number of sulfonamides is 1. The molecule has 0 aliphatic heterocycles. The highest BCUT2D eigenvalue weighted by Gasteiger charge is 2.26. The molecule has 0 radical (unpaired) electrons. The number of halogens is 2. The summed E-state index contributed by atoms with van der Waals surface area (Å²) < 4.78 is 50.5. The summed E-state index contributed by atoms with van der Waals surface area (Å²) in [5.41, 5.74) is 5.96. The minimum Gasteiger partial charge on any atom is -0.490 e. The number of ether oxygens (including phenoxy) is 2. The van der Waals surface area contributed by atoms with E-state index in [1.807, 2.05) is 13.8 Å². The first-order valence-electron chi connectivity index (χ1n) is 7.83. The lowest BCUT2D eigenvalue weighted by molar-refractivity contribution is 0.144. The van der Waals surface area contributed by atoms with Gasteiger partial charge in [-0.05, 0) is 30.5 Å². The number of nitrogens with two attached hydrogens (primary N) is 1. The number of nitrogens with zero attached hydrogens (tertiary/aromatic N) is 1. The Bertz CT molecular complexity index is 629. The number of methoxy groups -OCH3 is 1. The van der Waals surface area contributed by atoms with Crippen LogP contribution < -0.4 is 10.5 Å². The van der Waals surface area contributed by atoms with Crippen LogP contribution in [0.3, 0.4) is 0 Å².